The first-order chi connectivity index (χ1) is 16.2. The van der Waals surface area contributed by atoms with Crippen LogP contribution in [-0.2, 0) is 4.79 Å². The predicted molar refractivity (Wildman–Crippen MR) is 125 cm³/mol. The summed E-state index contributed by atoms with van der Waals surface area (Å²) in [7, 11) is 3.01. The Labute approximate surface area is 198 Å². The van der Waals surface area contributed by atoms with Crippen molar-refractivity contribution in [2.75, 3.05) is 14.2 Å². The first-order valence-electron chi connectivity index (χ1n) is 10.2. The van der Waals surface area contributed by atoms with E-state index < -0.39 is 23.2 Å². The van der Waals surface area contributed by atoms with Crippen molar-refractivity contribution in [2.45, 2.75) is 19.4 Å². The molecule has 1 amide bonds. The standard InChI is InChI=1S/C23H21ClN4O6/c1-12(29)28-18(16-10-15(33-2)7-8-19(16)34-3)11-17(26-28)20-21(30)25-23(32)27(22(20)31)14-6-4-5-13(24)9-14/h4-10,18,31H,11H2,1-3H3,(H,25,30,32). The molecule has 1 atom stereocenters. The zero-order chi connectivity index (χ0) is 24.6. The molecule has 0 radical (unpaired) electrons. The number of H-pyrrole nitrogens is 1. The Morgan fingerprint density at radius 1 is 1.18 bits per heavy atom. The highest BCUT2D eigenvalue weighted by Gasteiger charge is 2.36. The van der Waals surface area contributed by atoms with Crippen LogP contribution < -0.4 is 20.7 Å². The Bertz CT molecular complexity index is 1430. The van der Waals surface area contributed by atoms with E-state index >= 15 is 0 Å². The number of benzene rings is 2. The van der Waals surface area contributed by atoms with E-state index in [0.29, 0.717) is 22.1 Å². The van der Waals surface area contributed by atoms with Gasteiger partial charge in [-0.2, -0.15) is 5.10 Å². The molecule has 34 heavy (non-hydrogen) atoms. The Morgan fingerprint density at radius 3 is 2.59 bits per heavy atom. The maximum Gasteiger partial charge on any atom is 0.335 e. The van der Waals surface area contributed by atoms with Gasteiger partial charge in [0.25, 0.3) is 5.56 Å². The number of nitrogens with one attached hydrogen (secondary N) is 1. The van der Waals surface area contributed by atoms with E-state index in [4.69, 9.17) is 21.1 Å². The quantitative estimate of drug-likeness (QED) is 0.573. The molecular weight excluding hydrogens is 464 g/mol. The van der Waals surface area contributed by atoms with Gasteiger partial charge in [-0.3, -0.25) is 14.6 Å². The van der Waals surface area contributed by atoms with E-state index in [1.54, 1.807) is 36.4 Å². The van der Waals surface area contributed by atoms with Gasteiger partial charge in [0.05, 0.1) is 31.7 Å². The fourth-order valence-electron chi connectivity index (χ4n) is 3.93. The molecule has 2 heterocycles. The number of halogens is 1. The van der Waals surface area contributed by atoms with E-state index in [1.807, 2.05) is 0 Å². The lowest BCUT2D eigenvalue weighted by Crippen LogP contribution is -2.33. The van der Waals surface area contributed by atoms with Gasteiger partial charge in [-0.15, -0.1) is 0 Å². The molecule has 11 heteroatoms. The molecule has 0 saturated heterocycles. The molecule has 0 fully saturated rings. The Kier molecular flexibility index (Phi) is 6.16. The van der Waals surface area contributed by atoms with Crippen molar-refractivity contribution in [3.8, 4) is 23.1 Å². The SMILES string of the molecule is COc1ccc(OC)c(C2CC(c3c(O)n(-c4cccc(Cl)c4)c(=O)[nH]c3=O)=NN2C(C)=O)c1. The fourth-order valence-corrected chi connectivity index (χ4v) is 4.12. The van der Waals surface area contributed by atoms with Crippen molar-refractivity contribution in [1.82, 2.24) is 14.6 Å². The molecule has 2 N–H and O–H groups in total. The molecule has 2 aromatic carbocycles. The Morgan fingerprint density at radius 2 is 1.94 bits per heavy atom. The fraction of sp³-hybridized carbons (Fsp3) is 0.217. The second-order valence-electron chi connectivity index (χ2n) is 7.51. The van der Waals surface area contributed by atoms with Crippen molar-refractivity contribution < 1.29 is 19.4 Å². The molecule has 0 spiro atoms. The molecular formula is C23H21ClN4O6. The Balaban J connectivity index is 1.86. The van der Waals surface area contributed by atoms with Crippen LogP contribution in [0.25, 0.3) is 5.69 Å². The van der Waals surface area contributed by atoms with E-state index in [1.165, 1.54) is 32.2 Å². The average Bonchev–Trinajstić information content (AvgIpc) is 3.23. The minimum Gasteiger partial charge on any atom is -0.497 e. The predicted octanol–water partition coefficient (Wildman–Crippen LogP) is 2.60. The first-order valence-corrected chi connectivity index (χ1v) is 10.6. The van der Waals surface area contributed by atoms with Crippen molar-refractivity contribution in [3.05, 3.63) is 79.5 Å². The molecule has 3 aromatic rings. The number of aromatic nitrogens is 2. The number of hydrazone groups is 1. The van der Waals surface area contributed by atoms with E-state index in [0.717, 1.165) is 4.57 Å². The number of hydrogen-bond donors (Lipinski definition) is 2. The highest BCUT2D eigenvalue weighted by Crippen LogP contribution is 2.39. The lowest BCUT2D eigenvalue weighted by Gasteiger charge is -2.22. The van der Waals surface area contributed by atoms with Crippen LogP contribution in [-0.4, -0.2) is 45.5 Å². The summed E-state index contributed by atoms with van der Waals surface area (Å²) in [5.41, 5.74) is -0.923. The number of nitrogens with zero attached hydrogens (tertiary/aromatic N) is 3. The third-order valence-electron chi connectivity index (χ3n) is 5.47. The van der Waals surface area contributed by atoms with Gasteiger partial charge in [0.2, 0.25) is 11.8 Å². The molecule has 0 saturated carbocycles. The first kappa shape index (κ1) is 23.1. The Hall–Kier alpha value is -4.05. The van der Waals surface area contributed by atoms with Gasteiger partial charge >= 0.3 is 5.69 Å². The summed E-state index contributed by atoms with van der Waals surface area (Å²) >= 11 is 6.03. The number of methoxy groups -OCH3 is 2. The number of carbonyl (C=O) groups excluding carboxylic acids is 1. The number of aromatic hydroxyl groups is 1. The van der Waals surface area contributed by atoms with E-state index in [-0.39, 0.29) is 29.3 Å². The van der Waals surface area contributed by atoms with Crippen LogP contribution in [0.3, 0.4) is 0 Å². The summed E-state index contributed by atoms with van der Waals surface area (Å²) in [5, 5.41) is 16.9. The summed E-state index contributed by atoms with van der Waals surface area (Å²) in [6.45, 7) is 1.34. The van der Waals surface area contributed by atoms with Gasteiger partial charge in [0.15, 0.2) is 0 Å². The molecule has 1 aromatic heterocycles. The summed E-state index contributed by atoms with van der Waals surface area (Å²) in [6.07, 6.45) is 0.0769. The smallest absolute Gasteiger partial charge is 0.335 e. The number of carbonyl (C=O) groups is 1. The van der Waals surface area contributed by atoms with Crippen LogP contribution in [0.4, 0.5) is 0 Å². The number of ether oxygens (including phenoxy) is 2. The van der Waals surface area contributed by atoms with Crippen molar-refractivity contribution >= 4 is 23.2 Å². The number of aromatic amines is 1. The van der Waals surface area contributed by atoms with Gasteiger partial charge in [-0.05, 0) is 36.4 Å². The lowest BCUT2D eigenvalue weighted by atomic mass is 9.98. The highest BCUT2D eigenvalue weighted by atomic mass is 35.5. The number of rotatable bonds is 5. The van der Waals surface area contributed by atoms with Crippen molar-refractivity contribution in [3.63, 3.8) is 0 Å². The second kappa shape index (κ2) is 9.06. The molecule has 0 aliphatic carbocycles. The van der Waals surface area contributed by atoms with E-state index in [9.17, 15) is 19.5 Å². The highest BCUT2D eigenvalue weighted by molar-refractivity contribution is 6.30. The molecule has 1 aliphatic heterocycles. The molecule has 176 valence electrons. The second-order valence-corrected chi connectivity index (χ2v) is 7.95. The van der Waals surface area contributed by atoms with Crippen molar-refractivity contribution in [2.24, 2.45) is 5.10 Å². The number of amides is 1. The monoisotopic (exact) mass is 484 g/mol. The summed E-state index contributed by atoms with van der Waals surface area (Å²) in [4.78, 5) is 39.9. The van der Waals surface area contributed by atoms with Crippen LogP contribution in [0.15, 0.2) is 57.2 Å². The van der Waals surface area contributed by atoms with Gasteiger partial charge in [0, 0.05) is 23.9 Å². The summed E-state index contributed by atoms with van der Waals surface area (Å²) < 4.78 is 11.7. The molecule has 0 bridgehead atoms. The zero-order valence-corrected chi connectivity index (χ0v) is 19.3. The topological polar surface area (TPSA) is 126 Å². The van der Waals surface area contributed by atoms with Gasteiger partial charge in [-0.25, -0.2) is 14.4 Å². The minimum atomic E-state index is -0.846. The average molecular weight is 485 g/mol. The van der Waals surface area contributed by atoms with Crippen LogP contribution in [0, 0.1) is 0 Å². The third kappa shape index (κ3) is 4.03. The van der Waals surface area contributed by atoms with Crippen LogP contribution in [0.1, 0.15) is 30.5 Å². The van der Waals surface area contributed by atoms with Crippen LogP contribution in [0.2, 0.25) is 5.02 Å². The van der Waals surface area contributed by atoms with Gasteiger partial charge < -0.3 is 14.6 Å². The van der Waals surface area contributed by atoms with Gasteiger partial charge in [0.1, 0.15) is 17.1 Å². The molecule has 4 rings (SSSR count). The molecule has 1 unspecified atom stereocenters. The normalized spacial score (nSPS) is 15.2. The largest absolute Gasteiger partial charge is 0.497 e. The maximum absolute atomic E-state index is 12.8. The summed E-state index contributed by atoms with van der Waals surface area (Å²) in [5.74, 6) is 0.0407. The number of hydrogen-bond acceptors (Lipinski definition) is 7. The molecule has 10 nitrogen and oxygen atoms in total. The maximum atomic E-state index is 12.8. The summed E-state index contributed by atoms with van der Waals surface area (Å²) in [6, 6.07) is 10.7. The van der Waals surface area contributed by atoms with Crippen molar-refractivity contribution in [1.29, 1.82) is 0 Å². The van der Waals surface area contributed by atoms with E-state index in [2.05, 4.69) is 10.1 Å². The third-order valence-corrected chi connectivity index (χ3v) is 5.70. The van der Waals surface area contributed by atoms with Crippen LogP contribution in [0.5, 0.6) is 17.4 Å². The lowest BCUT2D eigenvalue weighted by molar-refractivity contribution is -0.130. The van der Waals surface area contributed by atoms with Gasteiger partial charge in [-0.1, -0.05) is 17.7 Å². The minimum absolute atomic E-state index is 0.0769. The van der Waals surface area contributed by atoms with Crippen LogP contribution >= 0.6 is 11.6 Å². The zero-order valence-electron chi connectivity index (χ0n) is 18.5. The molecule has 1 aliphatic rings.